The first-order valence-electron chi connectivity index (χ1n) is 11.9. The highest BCUT2D eigenvalue weighted by atomic mass is 35.5. The fourth-order valence-electron chi connectivity index (χ4n) is 4.51. The summed E-state index contributed by atoms with van der Waals surface area (Å²) < 4.78 is 1.88. The lowest BCUT2D eigenvalue weighted by atomic mass is 10.0. The van der Waals surface area contributed by atoms with Crippen LogP contribution in [0.15, 0.2) is 48.5 Å². The van der Waals surface area contributed by atoms with Crippen molar-refractivity contribution < 1.29 is 4.79 Å². The van der Waals surface area contributed by atoms with E-state index >= 15 is 0 Å². The number of hydrogen-bond donors (Lipinski definition) is 1. The standard InChI is InChI=1S/C27H34ClN5O/c1-19-10-11-23(16-25(19)28)33-21(3)24(20(2)30-33)17-27(34)29-26(22-8-6-5-7-9-22)18-32-14-12-31(4)13-15-32/h5-11,16,26H,12-15,17-18H2,1-4H3,(H,29,34). The van der Waals surface area contributed by atoms with Gasteiger partial charge in [-0.3, -0.25) is 9.69 Å². The van der Waals surface area contributed by atoms with Crippen LogP contribution in [0.5, 0.6) is 0 Å². The van der Waals surface area contributed by atoms with Crippen LogP contribution < -0.4 is 5.32 Å². The molecule has 0 saturated carbocycles. The van der Waals surface area contributed by atoms with E-state index in [2.05, 4.69) is 34.3 Å². The monoisotopic (exact) mass is 479 g/mol. The summed E-state index contributed by atoms with van der Waals surface area (Å²) in [5.41, 5.74) is 5.84. The SMILES string of the molecule is Cc1ccc(-n2nc(C)c(CC(=O)NC(CN3CCN(C)CC3)c3ccccc3)c2C)cc1Cl. The predicted molar refractivity (Wildman–Crippen MR) is 138 cm³/mol. The van der Waals surface area contributed by atoms with E-state index in [0.717, 1.165) is 66.5 Å². The lowest BCUT2D eigenvalue weighted by Crippen LogP contribution is -2.48. The number of nitrogens with zero attached hydrogens (tertiary/aromatic N) is 4. The van der Waals surface area contributed by atoms with Crippen LogP contribution in [0, 0.1) is 20.8 Å². The van der Waals surface area contributed by atoms with Crippen molar-refractivity contribution in [3.05, 3.63) is 81.6 Å². The highest BCUT2D eigenvalue weighted by Crippen LogP contribution is 2.23. The van der Waals surface area contributed by atoms with Crippen LogP contribution in [-0.2, 0) is 11.2 Å². The van der Waals surface area contributed by atoms with Crippen molar-refractivity contribution in [3.8, 4) is 5.69 Å². The fraction of sp³-hybridized carbons (Fsp3) is 0.407. The predicted octanol–water partition coefficient (Wildman–Crippen LogP) is 4.10. The molecular formula is C27H34ClN5O. The zero-order valence-electron chi connectivity index (χ0n) is 20.5. The van der Waals surface area contributed by atoms with E-state index in [-0.39, 0.29) is 11.9 Å². The first kappa shape index (κ1) is 24.5. The molecule has 0 aliphatic carbocycles. The van der Waals surface area contributed by atoms with Gasteiger partial charge in [-0.15, -0.1) is 0 Å². The Morgan fingerprint density at radius 2 is 1.76 bits per heavy atom. The highest BCUT2D eigenvalue weighted by molar-refractivity contribution is 6.31. The Morgan fingerprint density at radius 1 is 1.06 bits per heavy atom. The van der Waals surface area contributed by atoms with Crippen LogP contribution in [0.4, 0.5) is 0 Å². The summed E-state index contributed by atoms with van der Waals surface area (Å²) in [4.78, 5) is 18.0. The van der Waals surface area contributed by atoms with Crippen LogP contribution in [0.1, 0.15) is 34.1 Å². The number of carbonyl (C=O) groups is 1. The molecule has 2 aromatic carbocycles. The molecule has 7 heteroatoms. The van der Waals surface area contributed by atoms with E-state index in [4.69, 9.17) is 16.7 Å². The van der Waals surface area contributed by atoms with E-state index in [1.807, 2.05) is 61.9 Å². The quantitative estimate of drug-likeness (QED) is 0.554. The van der Waals surface area contributed by atoms with Gasteiger partial charge >= 0.3 is 0 Å². The second-order valence-corrected chi connectivity index (χ2v) is 9.71. The van der Waals surface area contributed by atoms with Gasteiger partial charge in [0.1, 0.15) is 0 Å². The van der Waals surface area contributed by atoms with Gasteiger partial charge < -0.3 is 10.2 Å². The van der Waals surface area contributed by atoms with Crippen molar-refractivity contribution in [1.29, 1.82) is 0 Å². The summed E-state index contributed by atoms with van der Waals surface area (Å²) in [5, 5.41) is 8.72. The number of likely N-dealkylation sites (N-methyl/N-ethyl adjacent to an activating group) is 1. The minimum Gasteiger partial charge on any atom is -0.348 e. The average Bonchev–Trinajstić information content (AvgIpc) is 3.10. The second-order valence-electron chi connectivity index (χ2n) is 9.31. The van der Waals surface area contributed by atoms with Crippen molar-refractivity contribution in [2.45, 2.75) is 33.2 Å². The minimum absolute atomic E-state index is 0.00988. The normalized spacial score (nSPS) is 15.9. The van der Waals surface area contributed by atoms with Crippen molar-refractivity contribution in [3.63, 3.8) is 0 Å². The third kappa shape index (κ3) is 5.69. The molecule has 1 saturated heterocycles. The molecule has 34 heavy (non-hydrogen) atoms. The molecule has 1 N–H and O–H groups in total. The van der Waals surface area contributed by atoms with Crippen LogP contribution in [-0.4, -0.2) is 65.3 Å². The van der Waals surface area contributed by atoms with Gasteiger partial charge in [0.15, 0.2) is 0 Å². The molecule has 1 aliphatic heterocycles. The van der Waals surface area contributed by atoms with Gasteiger partial charge in [-0.1, -0.05) is 48.0 Å². The molecule has 2 heterocycles. The third-order valence-corrected chi connectivity index (χ3v) is 7.16. The van der Waals surface area contributed by atoms with Crippen LogP contribution in [0.2, 0.25) is 5.02 Å². The molecule has 6 nitrogen and oxygen atoms in total. The molecular weight excluding hydrogens is 446 g/mol. The Hall–Kier alpha value is -2.67. The van der Waals surface area contributed by atoms with Crippen molar-refractivity contribution in [1.82, 2.24) is 24.9 Å². The van der Waals surface area contributed by atoms with Gasteiger partial charge in [-0.25, -0.2) is 4.68 Å². The number of benzene rings is 2. The molecule has 3 aromatic rings. The molecule has 0 spiro atoms. The van der Waals surface area contributed by atoms with Crippen molar-refractivity contribution >= 4 is 17.5 Å². The zero-order valence-corrected chi connectivity index (χ0v) is 21.3. The summed E-state index contributed by atoms with van der Waals surface area (Å²) in [6, 6.07) is 16.1. The molecule has 1 amide bonds. The molecule has 180 valence electrons. The van der Waals surface area contributed by atoms with Crippen molar-refractivity contribution in [2.75, 3.05) is 39.8 Å². The van der Waals surface area contributed by atoms with Gasteiger partial charge in [0, 0.05) is 49.0 Å². The Balaban J connectivity index is 1.50. The number of rotatable bonds is 7. The van der Waals surface area contributed by atoms with Gasteiger partial charge in [0.25, 0.3) is 0 Å². The first-order chi connectivity index (χ1) is 16.3. The first-order valence-corrected chi connectivity index (χ1v) is 12.3. The van der Waals surface area contributed by atoms with Gasteiger partial charge in [-0.05, 0) is 51.1 Å². The van der Waals surface area contributed by atoms with E-state index in [9.17, 15) is 4.79 Å². The minimum atomic E-state index is -0.0522. The summed E-state index contributed by atoms with van der Waals surface area (Å²) in [5.74, 6) is 0.00988. The molecule has 1 aliphatic rings. The summed E-state index contributed by atoms with van der Waals surface area (Å²) >= 11 is 6.34. The fourth-order valence-corrected chi connectivity index (χ4v) is 4.68. The number of aromatic nitrogens is 2. The third-order valence-electron chi connectivity index (χ3n) is 6.75. The lowest BCUT2D eigenvalue weighted by Gasteiger charge is -2.35. The highest BCUT2D eigenvalue weighted by Gasteiger charge is 2.23. The number of aryl methyl sites for hydroxylation is 2. The zero-order chi connectivity index (χ0) is 24.2. The summed E-state index contributed by atoms with van der Waals surface area (Å²) in [6.45, 7) is 10.9. The maximum atomic E-state index is 13.2. The Kier molecular flexibility index (Phi) is 7.71. The largest absolute Gasteiger partial charge is 0.348 e. The molecule has 0 bridgehead atoms. The Bertz CT molecular complexity index is 1140. The van der Waals surface area contributed by atoms with Crippen molar-refractivity contribution in [2.24, 2.45) is 0 Å². The van der Waals surface area contributed by atoms with Crippen LogP contribution in [0.3, 0.4) is 0 Å². The van der Waals surface area contributed by atoms with E-state index < -0.39 is 0 Å². The molecule has 0 radical (unpaired) electrons. The number of nitrogens with one attached hydrogen (secondary N) is 1. The molecule has 4 rings (SSSR count). The Labute approximate surface area is 207 Å². The molecule has 1 unspecified atom stereocenters. The number of halogens is 1. The molecule has 1 fully saturated rings. The van der Waals surface area contributed by atoms with Gasteiger partial charge in [-0.2, -0.15) is 5.10 Å². The number of hydrogen-bond acceptors (Lipinski definition) is 4. The average molecular weight is 480 g/mol. The smallest absolute Gasteiger partial charge is 0.225 e. The van der Waals surface area contributed by atoms with Crippen LogP contribution in [0.25, 0.3) is 5.69 Å². The van der Waals surface area contributed by atoms with Gasteiger partial charge in [0.2, 0.25) is 5.91 Å². The van der Waals surface area contributed by atoms with Crippen LogP contribution >= 0.6 is 11.6 Å². The number of piperazine rings is 1. The van der Waals surface area contributed by atoms with E-state index in [1.54, 1.807) is 0 Å². The maximum Gasteiger partial charge on any atom is 0.225 e. The number of amides is 1. The van der Waals surface area contributed by atoms with E-state index in [1.165, 1.54) is 0 Å². The Morgan fingerprint density at radius 3 is 2.44 bits per heavy atom. The summed E-state index contributed by atoms with van der Waals surface area (Å²) in [7, 11) is 2.16. The summed E-state index contributed by atoms with van der Waals surface area (Å²) in [6.07, 6.45) is 0.295. The lowest BCUT2D eigenvalue weighted by molar-refractivity contribution is -0.121. The van der Waals surface area contributed by atoms with Gasteiger partial charge in [0.05, 0.1) is 23.8 Å². The molecule has 1 atom stereocenters. The maximum absolute atomic E-state index is 13.2. The second kappa shape index (κ2) is 10.7. The van der Waals surface area contributed by atoms with E-state index in [0.29, 0.717) is 11.4 Å². The topological polar surface area (TPSA) is 53.4 Å². The number of carbonyl (C=O) groups excluding carboxylic acids is 1. The molecule has 1 aromatic heterocycles.